The Labute approximate surface area is 131 Å². The summed E-state index contributed by atoms with van der Waals surface area (Å²) >= 11 is 3.28. The maximum atomic E-state index is 4.65. The number of imidazole rings is 1. The molecule has 0 aliphatic carbocycles. The van der Waals surface area contributed by atoms with Crippen LogP contribution in [-0.4, -0.2) is 26.5 Å². The molecular formula is C14H17N5S2. The van der Waals surface area contributed by atoms with E-state index in [1.54, 1.807) is 29.3 Å². The van der Waals surface area contributed by atoms with Crippen LogP contribution in [0.1, 0.15) is 25.1 Å². The molecule has 0 saturated heterocycles. The molecule has 0 fully saturated rings. The monoisotopic (exact) mass is 319 g/mol. The molecule has 7 heteroatoms. The summed E-state index contributed by atoms with van der Waals surface area (Å²) in [5.41, 5.74) is 0. The first-order valence-electron chi connectivity index (χ1n) is 7.01. The first-order valence-corrected chi connectivity index (χ1v) is 8.65. The highest BCUT2D eigenvalue weighted by Crippen LogP contribution is 2.34. The number of H-pyrrole nitrogens is 1. The molecule has 3 aromatic heterocycles. The van der Waals surface area contributed by atoms with Crippen molar-refractivity contribution < 1.29 is 0 Å². The second-order valence-corrected chi connectivity index (χ2v) is 6.65. The fourth-order valence-corrected chi connectivity index (χ4v) is 3.76. The molecule has 0 saturated carbocycles. The summed E-state index contributed by atoms with van der Waals surface area (Å²) in [6.45, 7) is 5.17. The number of aromatic amines is 1. The minimum atomic E-state index is 0.697. The summed E-state index contributed by atoms with van der Waals surface area (Å²) < 4.78 is 0. The van der Waals surface area contributed by atoms with Gasteiger partial charge in [-0.05, 0) is 30.7 Å². The Morgan fingerprint density at radius 1 is 1.33 bits per heavy atom. The molecule has 0 atom stereocenters. The van der Waals surface area contributed by atoms with Gasteiger partial charge >= 0.3 is 0 Å². The molecule has 5 nitrogen and oxygen atoms in total. The summed E-state index contributed by atoms with van der Waals surface area (Å²) in [5.74, 6) is 0.697. The van der Waals surface area contributed by atoms with Crippen LogP contribution >= 0.6 is 23.1 Å². The number of nitrogens with zero attached hydrogens (tertiary/aromatic N) is 3. The van der Waals surface area contributed by atoms with Crippen LogP contribution < -0.4 is 5.32 Å². The van der Waals surface area contributed by atoms with Crippen LogP contribution in [-0.2, 0) is 6.42 Å². The van der Waals surface area contributed by atoms with Crippen molar-refractivity contribution in [3.8, 4) is 0 Å². The lowest BCUT2D eigenvalue weighted by Crippen LogP contribution is -2.04. The van der Waals surface area contributed by atoms with Crippen molar-refractivity contribution in [3.63, 3.8) is 0 Å². The molecule has 0 aliphatic heterocycles. The minimum Gasteiger partial charge on any atom is -0.354 e. The van der Waals surface area contributed by atoms with Crippen molar-refractivity contribution in [2.45, 2.75) is 36.9 Å². The van der Waals surface area contributed by atoms with Crippen molar-refractivity contribution in [2.75, 3.05) is 11.9 Å². The van der Waals surface area contributed by atoms with Gasteiger partial charge in [0.05, 0.1) is 0 Å². The number of fused-ring (bicyclic) bond motifs is 1. The lowest BCUT2D eigenvalue weighted by molar-refractivity contribution is 0.945. The lowest BCUT2D eigenvalue weighted by atomic mass is 10.3. The third kappa shape index (κ3) is 3.19. The summed E-state index contributed by atoms with van der Waals surface area (Å²) in [6.07, 6.45) is 5.64. The molecule has 0 aromatic carbocycles. The second-order valence-electron chi connectivity index (χ2n) is 4.56. The van der Waals surface area contributed by atoms with Crippen LogP contribution in [0.4, 0.5) is 5.95 Å². The molecule has 21 heavy (non-hydrogen) atoms. The summed E-state index contributed by atoms with van der Waals surface area (Å²) in [7, 11) is 0. The third-order valence-corrected chi connectivity index (χ3v) is 5.05. The maximum Gasteiger partial charge on any atom is 0.225 e. The van der Waals surface area contributed by atoms with Crippen LogP contribution in [0.5, 0.6) is 0 Å². The highest BCUT2D eigenvalue weighted by molar-refractivity contribution is 7.99. The van der Waals surface area contributed by atoms with Gasteiger partial charge in [0.2, 0.25) is 5.95 Å². The van der Waals surface area contributed by atoms with E-state index >= 15 is 0 Å². The Hall–Kier alpha value is -1.60. The molecular weight excluding hydrogens is 302 g/mol. The molecule has 0 radical (unpaired) electrons. The van der Waals surface area contributed by atoms with E-state index in [4.69, 9.17) is 0 Å². The zero-order valence-electron chi connectivity index (χ0n) is 12.0. The fraction of sp³-hybridized carbons (Fsp3) is 0.357. The van der Waals surface area contributed by atoms with Crippen LogP contribution in [0.25, 0.3) is 10.2 Å². The standard InChI is InChI=1S/C14H17N5S2/c1-3-5-15-13-18-11-10(8-9(4-2)20-11)12(19-13)21-14-16-6-7-17-14/h6-8H,3-5H2,1-2H3,(H,16,17)(H,15,18,19). The number of aryl methyl sites for hydroxylation is 1. The molecule has 2 N–H and O–H groups in total. The average molecular weight is 319 g/mol. The molecule has 0 bridgehead atoms. The fourth-order valence-electron chi connectivity index (χ4n) is 1.91. The van der Waals surface area contributed by atoms with Gasteiger partial charge in [0.1, 0.15) is 9.86 Å². The molecule has 0 spiro atoms. The van der Waals surface area contributed by atoms with Crippen molar-refractivity contribution in [2.24, 2.45) is 0 Å². The van der Waals surface area contributed by atoms with E-state index in [1.165, 1.54) is 4.88 Å². The van der Waals surface area contributed by atoms with Gasteiger partial charge in [-0.15, -0.1) is 11.3 Å². The van der Waals surface area contributed by atoms with E-state index < -0.39 is 0 Å². The highest BCUT2D eigenvalue weighted by atomic mass is 32.2. The normalized spacial score (nSPS) is 11.1. The number of rotatable bonds is 6. The zero-order chi connectivity index (χ0) is 14.7. The second kappa shape index (κ2) is 6.44. The van der Waals surface area contributed by atoms with E-state index in [2.05, 4.69) is 45.2 Å². The van der Waals surface area contributed by atoms with Gasteiger partial charge in [0.15, 0.2) is 5.16 Å². The first-order chi connectivity index (χ1) is 10.3. The Morgan fingerprint density at radius 3 is 2.95 bits per heavy atom. The molecule has 0 unspecified atom stereocenters. The number of hydrogen-bond donors (Lipinski definition) is 2. The summed E-state index contributed by atoms with van der Waals surface area (Å²) in [5, 5.41) is 6.18. The highest BCUT2D eigenvalue weighted by Gasteiger charge is 2.13. The van der Waals surface area contributed by atoms with E-state index in [-0.39, 0.29) is 0 Å². The van der Waals surface area contributed by atoms with Gasteiger partial charge in [-0.25, -0.2) is 15.0 Å². The van der Waals surface area contributed by atoms with Crippen LogP contribution in [0.15, 0.2) is 28.6 Å². The molecule has 0 amide bonds. The number of nitrogens with one attached hydrogen (secondary N) is 2. The number of anilines is 1. The quantitative estimate of drug-likeness (QED) is 0.673. The molecule has 3 heterocycles. The van der Waals surface area contributed by atoms with E-state index in [0.29, 0.717) is 5.95 Å². The Balaban J connectivity index is 2.02. The van der Waals surface area contributed by atoms with Crippen molar-refractivity contribution in [3.05, 3.63) is 23.3 Å². The largest absolute Gasteiger partial charge is 0.354 e. The van der Waals surface area contributed by atoms with Crippen molar-refractivity contribution in [1.29, 1.82) is 0 Å². The smallest absolute Gasteiger partial charge is 0.225 e. The lowest BCUT2D eigenvalue weighted by Gasteiger charge is -2.05. The number of hydrogen-bond acceptors (Lipinski definition) is 6. The topological polar surface area (TPSA) is 66.5 Å². The Bertz CT molecular complexity index is 720. The number of thiophene rings is 1. The maximum absolute atomic E-state index is 4.65. The van der Waals surface area contributed by atoms with Crippen molar-refractivity contribution in [1.82, 2.24) is 19.9 Å². The van der Waals surface area contributed by atoms with Gasteiger partial charge in [-0.1, -0.05) is 13.8 Å². The van der Waals surface area contributed by atoms with Gasteiger partial charge in [0, 0.05) is 29.2 Å². The Morgan fingerprint density at radius 2 is 2.24 bits per heavy atom. The molecule has 3 rings (SSSR count). The van der Waals surface area contributed by atoms with Gasteiger partial charge in [0.25, 0.3) is 0 Å². The van der Waals surface area contributed by atoms with E-state index in [1.807, 2.05) is 6.20 Å². The van der Waals surface area contributed by atoms with E-state index in [9.17, 15) is 0 Å². The van der Waals surface area contributed by atoms with Gasteiger partial charge in [-0.3, -0.25) is 0 Å². The minimum absolute atomic E-state index is 0.697. The van der Waals surface area contributed by atoms with Gasteiger partial charge in [-0.2, -0.15) is 0 Å². The summed E-state index contributed by atoms with van der Waals surface area (Å²) in [4.78, 5) is 19.0. The average Bonchev–Trinajstić information content (AvgIpc) is 3.13. The molecule has 0 aliphatic rings. The van der Waals surface area contributed by atoms with E-state index in [0.717, 1.165) is 39.8 Å². The third-order valence-electron chi connectivity index (χ3n) is 2.96. The SMILES string of the molecule is CCCNc1nc(Sc2ncc[nH]2)c2cc(CC)sc2n1. The zero-order valence-corrected chi connectivity index (χ0v) is 13.6. The molecule has 3 aromatic rings. The Kier molecular flexibility index (Phi) is 4.40. The molecule has 110 valence electrons. The summed E-state index contributed by atoms with van der Waals surface area (Å²) in [6, 6.07) is 2.19. The predicted molar refractivity (Wildman–Crippen MR) is 88.3 cm³/mol. The van der Waals surface area contributed by atoms with Crippen LogP contribution in [0, 0.1) is 0 Å². The number of aromatic nitrogens is 4. The van der Waals surface area contributed by atoms with Crippen molar-refractivity contribution >= 4 is 39.3 Å². The first kappa shape index (κ1) is 14.3. The van der Waals surface area contributed by atoms with Crippen LogP contribution in [0.3, 0.4) is 0 Å². The predicted octanol–water partition coefficient (Wildman–Crippen LogP) is 3.95. The van der Waals surface area contributed by atoms with Gasteiger partial charge < -0.3 is 10.3 Å². The van der Waals surface area contributed by atoms with Crippen LogP contribution in [0.2, 0.25) is 0 Å².